The zero-order valence-electron chi connectivity index (χ0n) is 13.4. The van der Waals surface area contributed by atoms with E-state index in [2.05, 4.69) is 20.6 Å². The number of aryl methyl sites for hydroxylation is 2. The average molecular weight is 309 g/mol. The van der Waals surface area contributed by atoms with Gasteiger partial charge in [-0.25, -0.2) is 5.43 Å². The number of amides is 1. The predicted octanol–water partition coefficient (Wildman–Crippen LogP) is 2.85. The molecular formula is C17H19N5O. The van der Waals surface area contributed by atoms with Crippen molar-refractivity contribution >= 4 is 22.5 Å². The molecule has 0 radical (unpaired) electrons. The van der Waals surface area contributed by atoms with E-state index in [1.165, 1.54) is 0 Å². The fourth-order valence-electron chi connectivity index (χ4n) is 2.55. The lowest BCUT2D eigenvalue weighted by molar-refractivity contribution is 0.0956. The number of H-pyrrole nitrogens is 1. The standard InChI is InChI=1S/C17H19N5O/c1-4-22-10-15(12(3)21-22)11(2)19-20-17(23)14-9-18-16-8-6-5-7-13(14)16/h5-10,18H,4H2,1-3H3,(H,20,23)/b19-11+. The summed E-state index contributed by atoms with van der Waals surface area (Å²) in [5.74, 6) is -0.234. The summed E-state index contributed by atoms with van der Waals surface area (Å²) in [6.07, 6.45) is 3.64. The minimum Gasteiger partial charge on any atom is -0.360 e. The maximum atomic E-state index is 12.3. The van der Waals surface area contributed by atoms with Gasteiger partial charge in [0.05, 0.1) is 17.0 Å². The first-order chi connectivity index (χ1) is 11.1. The van der Waals surface area contributed by atoms with Crippen LogP contribution in [0.15, 0.2) is 41.8 Å². The van der Waals surface area contributed by atoms with E-state index in [-0.39, 0.29) is 5.91 Å². The first kappa shape index (κ1) is 15.0. The predicted molar refractivity (Wildman–Crippen MR) is 90.6 cm³/mol. The third kappa shape index (κ3) is 2.88. The molecule has 1 aromatic carbocycles. The Bertz CT molecular complexity index is 887. The van der Waals surface area contributed by atoms with Crippen LogP contribution in [0.5, 0.6) is 0 Å². The first-order valence-corrected chi connectivity index (χ1v) is 7.55. The number of benzene rings is 1. The van der Waals surface area contributed by atoms with Crippen molar-refractivity contribution in [2.75, 3.05) is 0 Å². The van der Waals surface area contributed by atoms with Gasteiger partial charge >= 0.3 is 0 Å². The van der Waals surface area contributed by atoms with Gasteiger partial charge < -0.3 is 4.98 Å². The van der Waals surface area contributed by atoms with Crippen molar-refractivity contribution in [3.63, 3.8) is 0 Å². The van der Waals surface area contributed by atoms with Crippen LogP contribution in [-0.2, 0) is 6.54 Å². The Hall–Kier alpha value is -2.89. The van der Waals surface area contributed by atoms with Gasteiger partial charge in [0, 0.05) is 35.4 Å². The van der Waals surface area contributed by atoms with E-state index in [0.29, 0.717) is 5.56 Å². The highest BCUT2D eigenvalue weighted by molar-refractivity contribution is 6.07. The van der Waals surface area contributed by atoms with E-state index in [4.69, 9.17) is 0 Å². The molecule has 0 aliphatic heterocycles. The maximum Gasteiger partial charge on any atom is 0.273 e. The molecule has 0 saturated heterocycles. The molecule has 0 aliphatic rings. The van der Waals surface area contributed by atoms with E-state index >= 15 is 0 Å². The van der Waals surface area contributed by atoms with Crippen molar-refractivity contribution in [2.45, 2.75) is 27.3 Å². The number of aromatic nitrogens is 3. The lowest BCUT2D eigenvalue weighted by Crippen LogP contribution is -2.19. The van der Waals surface area contributed by atoms with E-state index < -0.39 is 0 Å². The van der Waals surface area contributed by atoms with Crippen molar-refractivity contribution in [3.05, 3.63) is 53.5 Å². The topological polar surface area (TPSA) is 75.1 Å². The monoisotopic (exact) mass is 309 g/mol. The van der Waals surface area contributed by atoms with Crippen LogP contribution in [0.2, 0.25) is 0 Å². The van der Waals surface area contributed by atoms with Gasteiger partial charge in [0.25, 0.3) is 5.91 Å². The van der Waals surface area contributed by atoms with Crippen LogP contribution in [0.1, 0.15) is 35.5 Å². The molecule has 6 nitrogen and oxygen atoms in total. The van der Waals surface area contributed by atoms with E-state index in [9.17, 15) is 4.79 Å². The van der Waals surface area contributed by atoms with Gasteiger partial charge in [-0.05, 0) is 26.8 Å². The van der Waals surface area contributed by atoms with Gasteiger partial charge in [-0.3, -0.25) is 9.48 Å². The molecule has 0 aliphatic carbocycles. The number of para-hydroxylation sites is 1. The summed E-state index contributed by atoms with van der Waals surface area (Å²) < 4.78 is 1.85. The highest BCUT2D eigenvalue weighted by Crippen LogP contribution is 2.17. The van der Waals surface area contributed by atoms with Crippen LogP contribution >= 0.6 is 0 Å². The number of rotatable bonds is 4. The van der Waals surface area contributed by atoms with Crippen molar-refractivity contribution in [1.82, 2.24) is 20.2 Å². The van der Waals surface area contributed by atoms with Crippen LogP contribution in [0.3, 0.4) is 0 Å². The van der Waals surface area contributed by atoms with E-state index in [0.717, 1.165) is 34.4 Å². The minimum absolute atomic E-state index is 0.234. The summed E-state index contributed by atoms with van der Waals surface area (Å²) in [4.78, 5) is 15.4. The number of hydrazone groups is 1. The maximum absolute atomic E-state index is 12.3. The molecule has 0 unspecified atom stereocenters. The number of fused-ring (bicyclic) bond motifs is 1. The third-order valence-corrected chi connectivity index (χ3v) is 3.82. The van der Waals surface area contributed by atoms with Crippen LogP contribution < -0.4 is 5.43 Å². The molecule has 3 aromatic rings. The minimum atomic E-state index is -0.234. The zero-order valence-corrected chi connectivity index (χ0v) is 13.4. The van der Waals surface area contributed by atoms with Crippen LogP contribution in [-0.4, -0.2) is 26.4 Å². The average Bonchev–Trinajstić information content (AvgIpc) is 3.15. The molecule has 2 heterocycles. The SMILES string of the molecule is CCn1cc(/C(C)=N/NC(=O)c2c[nH]c3ccccc23)c(C)n1. The number of hydrogen-bond acceptors (Lipinski definition) is 3. The van der Waals surface area contributed by atoms with Gasteiger partial charge in [0.1, 0.15) is 0 Å². The summed E-state index contributed by atoms with van der Waals surface area (Å²) in [7, 11) is 0. The smallest absolute Gasteiger partial charge is 0.273 e. The molecular weight excluding hydrogens is 290 g/mol. The van der Waals surface area contributed by atoms with E-state index in [1.54, 1.807) is 6.20 Å². The number of carbonyl (C=O) groups is 1. The number of carbonyl (C=O) groups excluding carboxylic acids is 1. The van der Waals surface area contributed by atoms with Crippen LogP contribution in [0.4, 0.5) is 0 Å². The Balaban J connectivity index is 1.81. The summed E-state index contributed by atoms with van der Waals surface area (Å²) in [6, 6.07) is 7.68. The molecule has 3 rings (SSSR count). The molecule has 23 heavy (non-hydrogen) atoms. The Kier molecular flexibility index (Phi) is 3.97. The second-order valence-corrected chi connectivity index (χ2v) is 5.37. The lowest BCUT2D eigenvalue weighted by atomic mass is 10.2. The van der Waals surface area contributed by atoms with Crippen molar-refractivity contribution in [3.8, 4) is 0 Å². The van der Waals surface area contributed by atoms with Gasteiger partial charge in [0.2, 0.25) is 0 Å². The number of hydrogen-bond donors (Lipinski definition) is 2. The quantitative estimate of drug-likeness (QED) is 0.574. The van der Waals surface area contributed by atoms with Crippen molar-refractivity contribution in [1.29, 1.82) is 0 Å². The molecule has 0 atom stereocenters. The van der Waals surface area contributed by atoms with Crippen LogP contribution in [0, 0.1) is 6.92 Å². The van der Waals surface area contributed by atoms with Crippen molar-refractivity contribution < 1.29 is 4.79 Å². The number of nitrogens with one attached hydrogen (secondary N) is 2. The summed E-state index contributed by atoms with van der Waals surface area (Å²) in [6.45, 7) is 6.62. The molecule has 0 saturated carbocycles. The Labute approximate surface area is 134 Å². The fraction of sp³-hybridized carbons (Fsp3) is 0.235. The van der Waals surface area contributed by atoms with Crippen LogP contribution in [0.25, 0.3) is 10.9 Å². The fourth-order valence-corrected chi connectivity index (χ4v) is 2.55. The Morgan fingerprint density at radius 3 is 2.87 bits per heavy atom. The number of aromatic amines is 1. The van der Waals surface area contributed by atoms with E-state index in [1.807, 2.05) is 55.9 Å². The van der Waals surface area contributed by atoms with Gasteiger partial charge in [0.15, 0.2) is 0 Å². The summed E-state index contributed by atoms with van der Waals surface area (Å²) in [5, 5.41) is 9.48. The molecule has 6 heteroatoms. The Morgan fingerprint density at radius 2 is 2.13 bits per heavy atom. The van der Waals surface area contributed by atoms with Crippen molar-refractivity contribution in [2.24, 2.45) is 5.10 Å². The molecule has 2 aromatic heterocycles. The highest BCUT2D eigenvalue weighted by atomic mass is 16.2. The van der Waals surface area contributed by atoms with Gasteiger partial charge in [-0.15, -0.1) is 0 Å². The summed E-state index contributed by atoms with van der Waals surface area (Å²) in [5.41, 5.74) is 6.70. The molecule has 2 N–H and O–H groups in total. The molecule has 0 spiro atoms. The molecule has 0 fully saturated rings. The Morgan fingerprint density at radius 1 is 1.35 bits per heavy atom. The number of nitrogens with zero attached hydrogens (tertiary/aromatic N) is 3. The molecule has 1 amide bonds. The largest absolute Gasteiger partial charge is 0.360 e. The molecule has 0 bridgehead atoms. The van der Waals surface area contributed by atoms with Gasteiger partial charge in [-0.1, -0.05) is 18.2 Å². The van der Waals surface area contributed by atoms with Gasteiger partial charge in [-0.2, -0.15) is 10.2 Å². The summed E-state index contributed by atoms with van der Waals surface area (Å²) >= 11 is 0. The normalized spacial score (nSPS) is 11.9. The second kappa shape index (κ2) is 6.08. The highest BCUT2D eigenvalue weighted by Gasteiger charge is 2.12. The second-order valence-electron chi connectivity index (χ2n) is 5.37. The molecule has 118 valence electrons. The lowest BCUT2D eigenvalue weighted by Gasteiger charge is -2.01. The third-order valence-electron chi connectivity index (χ3n) is 3.82. The first-order valence-electron chi connectivity index (χ1n) is 7.55. The zero-order chi connectivity index (χ0) is 16.4.